The monoisotopic (exact) mass is 279 g/mol. The van der Waals surface area contributed by atoms with Gasteiger partial charge in [0.2, 0.25) is 0 Å². The first-order valence-electron chi connectivity index (χ1n) is 5.43. The summed E-state index contributed by atoms with van der Waals surface area (Å²) in [7, 11) is 0. The fraction of sp³-hybridized carbons (Fsp3) is 0.500. The molecule has 1 saturated carbocycles. The zero-order valence-electron chi connectivity index (χ0n) is 9.88. The number of rotatable bonds is 2. The molecule has 2 N–H and O–H groups in total. The maximum absolute atomic E-state index is 12.1. The third kappa shape index (κ3) is 2.42. The molecule has 2 rings (SSSR count). The minimum absolute atomic E-state index is 0.00273. The Morgan fingerprint density at radius 3 is 2.28 bits per heavy atom. The van der Waals surface area contributed by atoms with E-state index in [2.05, 4.69) is 4.74 Å². The summed E-state index contributed by atoms with van der Waals surface area (Å²) in [6, 6.07) is 4.29. The van der Waals surface area contributed by atoms with Gasteiger partial charge in [0.15, 0.2) is 0 Å². The molecule has 0 aromatic heterocycles. The number of nitrogens with two attached hydrogens (primary N) is 1. The molecule has 0 unspecified atom stereocenters. The summed E-state index contributed by atoms with van der Waals surface area (Å²) in [5.74, 6) is -0.269. The van der Waals surface area contributed by atoms with Crippen molar-refractivity contribution in [3.63, 3.8) is 0 Å². The Balaban J connectivity index is 2.22. The van der Waals surface area contributed by atoms with Crippen LogP contribution in [-0.4, -0.2) is 12.4 Å². The van der Waals surface area contributed by atoms with E-state index in [0.29, 0.717) is 0 Å². The molecule has 1 aliphatic rings. The van der Waals surface area contributed by atoms with Crippen molar-refractivity contribution in [2.45, 2.75) is 32.2 Å². The van der Waals surface area contributed by atoms with Crippen molar-refractivity contribution < 1.29 is 17.9 Å². The van der Waals surface area contributed by atoms with Gasteiger partial charge in [-0.3, -0.25) is 0 Å². The predicted octanol–water partition coefficient (Wildman–Crippen LogP) is 3.69. The van der Waals surface area contributed by atoms with Crippen LogP contribution in [-0.2, 0) is 0 Å². The Labute approximate surface area is 108 Å². The number of benzene rings is 1. The zero-order valence-corrected chi connectivity index (χ0v) is 10.6. The highest BCUT2D eigenvalue weighted by atomic mass is 35.5. The van der Waals surface area contributed by atoms with Gasteiger partial charge in [-0.15, -0.1) is 13.2 Å². The Bertz CT molecular complexity index is 473. The fourth-order valence-corrected chi connectivity index (χ4v) is 2.46. The third-order valence-electron chi connectivity index (χ3n) is 3.45. The van der Waals surface area contributed by atoms with Crippen LogP contribution in [0.15, 0.2) is 18.2 Å². The van der Waals surface area contributed by atoms with Gasteiger partial charge in [0, 0.05) is 12.0 Å². The largest absolute Gasteiger partial charge is 0.573 e. The average molecular weight is 280 g/mol. The lowest BCUT2D eigenvalue weighted by atomic mass is 10.0. The molecule has 0 spiro atoms. The van der Waals surface area contributed by atoms with Crippen molar-refractivity contribution in [2.75, 3.05) is 0 Å². The van der Waals surface area contributed by atoms with Gasteiger partial charge in [-0.25, -0.2) is 0 Å². The van der Waals surface area contributed by atoms with E-state index in [0.717, 1.165) is 5.56 Å². The zero-order chi connectivity index (χ0) is 13.7. The Kier molecular flexibility index (Phi) is 3.02. The first-order chi connectivity index (χ1) is 8.13. The minimum atomic E-state index is -4.74. The van der Waals surface area contributed by atoms with Crippen LogP contribution in [0.5, 0.6) is 5.75 Å². The van der Waals surface area contributed by atoms with E-state index in [-0.39, 0.29) is 28.1 Å². The summed E-state index contributed by atoms with van der Waals surface area (Å²) in [5, 5.41) is -0.0558. The molecule has 6 heteroatoms. The van der Waals surface area contributed by atoms with Crippen LogP contribution in [0.1, 0.15) is 25.3 Å². The summed E-state index contributed by atoms with van der Waals surface area (Å²) in [6.07, 6.45) is -4.74. The molecule has 0 amide bonds. The van der Waals surface area contributed by atoms with Crippen LogP contribution in [0.4, 0.5) is 13.2 Å². The van der Waals surface area contributed by atoms with E-state index in [1.165, 1.54) is 12.1 Å². The molecular weight excluding hydrogens is 267 g/mol. The molecule has 0 aliphatic heterocycles. The second kappa shape index (κ2) is 4.03. The lowest BCUT2D eigenvalue weighted by molar-refractivity contribution is -0.274. The summed E-state index contributed by atoms with van der Waals surface area (Å²) in [5.41, 5.74) is 6.71. The van der Waals surface area contributed by atoms with Crippen LogP contribution in [0.25, 0.3) is 0 Å². The molecule has 18 heavy (non-hydrogen) atoms. The molecule has 2 nitrogen and oxygen atoms in total. The van der Waals surface area contributed by atoms with Crippen molar-refractivity contribution >= 4 is 11.6 Å². The Morgan fingerprint density at radius 2 is 1.89 bits per heavy atom. The lowest BCUT2D eigenvalue weighted by Crippen LogP contribution is -2.17. The van der Waals surface area contributed by atoms with Gasteiger partial charge >= 0.3 is 6.36 Å². The van der Waals surface area contributed by atoms with E-state index >= 15 is 0 Å². The second-order valence-electron chi connectivity index (χ2n) is 5.06. The van der Waals surface area contributed by atoms with E-state index in [9.17, 15) is 13.2 Å². The van der Waals surface area contributed by atoms with Gasteiger partial charge in [-0.05, 0) is 23.1 Å². The predicted molar refractivity (Wildman–Crippen MR) is 62.6 cm³/mol. The van der Waals surface area contributed by atoms with E-state index in [4.69, 9.17) is 17.3 Å². The van der Waals surface area contributed by atoms with Crippen LogP contribution in [0, 0.1) is 5.41 Å². The van der Waals surface area contributed by atoms with Crippen LogP contribution in [0.3, 0.4) is 0 Å². The second-order valence-corrected chi connectivity index (χ2v) is 5.47. The lowest BCUT2D eigenvalue weighted by Gasteiger charge is -2.11. The Morgan fingerprint density at radius 1 is 1.33 bits per heavy atom. The molecule has 0 saturated heterocycles. The van der Waals surface area contributed by atoms with Gasteiger partial charge in [-0.1, -0.05) is 31.5 Å². The molecule has 2 atom stereocenters. The maximum Gasteiger partial charge on any atom is 0.573 e. The SMILES string of the molecule is CC1(C)[C@H](N)[C@H]1c1ccc(OC(F)(F)F)c(Cl)c1. The molecule has 1 aliphatic carbocycles. The van der Waals surface area contributed by atoms with Gasteiger partial charge in [0.05, 0.1) is 5.02 Å². The summed E-state index contributed by atoms with van der Waals surface area (Å²) in [4.78, 5) is 0. The molecule has 0 bridgehead atoms. The average Bonchev–Trinajstić information content (AvgIpc) is 2.68. The maximum atomic E-state index is 12.1. The number of ether oxygens (including phenoxy) is 1. The number of hydrogen-bond donors (Lipinski definition) is 1. The van der Waals surface area contributed by atoms with E-state index in [1.807, 2.05) is 13.8 Å². The first-order valence-corrected chi connectivity index (χ1v) is 5.81. The molecule has 0 radical (unpaired) electrons. The highest BCUT2D eigenvalue weighted by molar-refractivity contribution is 6.32. The molecule has 1 aromatic rings. The van der Waals surface area contributed by atoms with Crippen LogP contribution >= 0.6 is 11.6 Å². The number of alkyl halides is 3. The van der Waals surface area contributed by atoms with Crippen molar-refractivity contribution in [3.8, 4) is 5.75 Å². The Hall–Kier alpha value is -0.940. The van der Waals surface area contributed by atoms with Crippen LogP contribution in [0.2, 0.25) is 5.02 Å². The summed E-state index contributed by atoms with van der Waals surface area (Å²) >= 11 is 5.78. The summed E-state index contributed by atoms with van der Waals surface area (Å²) < 4.78 is 40.0. The number of hydrogen-bond acceptors (Lipinski definition) is 2. The molecule has 100 valence electrons. The standard InChI is InChI=1S/C12H13ClF3NO/c1-11(2)9(10(11)17)6-3-4-8(7(13)5-6)18-12(14,15)16/h3-5,9-10H,17H2,1-2H3/t9-,10-/m1/s1. The van der Waals surface area contributed by atoms with Crippen molar-refractivity contribution in [1.29, 1.82) is 0 Å². The van der Waals surface area contributed by atoms with Gasteiger partial charge in [0.25, 0.3) is 0 Å². The number of halogens is 4. The van der Waals surface area contributed by atoms with Gasteiger partial charge in [-0.2, -0.15) is 0 Å². The summed E-state index contributed by atoms with van der Waals surface area (Å²) in [6.45, 7) is 4.02. The van der Waals surface area contributed by atoms with Crippen molar-refractivity contribution in [1.82, 2.24) is 0 Å². The first kappa shape index (κ1) is 13.5. The third-order valence-corrected chi connectivity index (χ3v) is 3.75. The molecular formula is C12H13ClF3NO. The molecule has 1 fully saturated rings. The van der Waals surface area contributed by atoms with E-state index in [1.54, 1.807) is 6.07 Å². The quantitative estimate of drug-likeness (QED) is 0.896. The highest BCUT2D eigenvalue weighted by Gasteiger charge is 2.56. The van der Waals surface area contributed by atoms with Crippen LogP contribution < -0.4 is 10.5 Å². The van der Waals surface area contributed by atoms with Gasteiger partial charge in [0.1, 0.15) is 5.75 Å². The molecule has 0 heterocycles. The fourth-order valence-electron chi connectivity index (χ4n) is 2.23. The van der Waals surface area contributed by atoms with Crippen molar-refractivity contribution in [2.24, 2.45) is 11.1 Å². The topological polar surface area (TPSA) is 35.2 Å². The van der Waals surface area contributed by atoms with Gasteiger partial charge < -0.3 is 10.5 Å². The normalized spacial score (nSPS) is 25.9. The smallest absolute Gasteiger partial charge is 0.404 e. The highest BCUT2D eigenvalue weighted by Crippen LogP contribution is 2.57. The minimum Gasteiger partial charge on any atom is -0.404 e. The molecule has 1 aromatic carbocycles. The van der Waals surface area contributed by atoms with Crippen molar-refractivity contribution in [3.05, 3.63) is 28.8 Å². The van der Waals surface area contributed by atoms with E-state index < -0.39 is 6.36 Å².